The van der Waals surface area contributed by atoms with Crippen LogP contribution in [0.3, 0.4) is 0 Å². The van der Waals surface area contributed by atoms with Crippen molar-refractivity contribution in [1.82, 2.24) is 4.98 Å². The van der Waals surface area contributed by atoms with Gasteiger partial charge in [0.25, 0.3) is 5.69 Å². The normalized spacial score (nSPS) is 11.2. The van der Waals surface area contributed by atoms with Gasteiger partial charge < -0.3 is 0 Å². The summed E-state index contributed by atoms with van der Waals surface area (Å²) in [6.45, 7) is 0. The Morgan fingerprint density at radius 2 is 1.46 bits per heavy atom. The summed E-state index contributed by atoms with van der Waals surface area (Å²) in [4.78, 5) is 15.0. The minimum absolute atomic E-state index is 0.0567. The fourth-order valence-corrected chi connectivity index (χ4v) is 2.81. The molecule has 0 fully saturated rings. The van der Waals surface area contributed by atoms with Gasteiger partial charge in [-0.05, 0) is 29.8 Å². The summed E-state index contributed by atoms with van der Waals surface area (Å²) in [6.07, 6.45) is 1.63. The topological polar surface area (TPSA) is 80.4 Å². The number of para-hydroxylation sites is 2. The molecule has 126 valence electrons. The summed E-state index contributed by atoms with van der Waals surface area (Å²) in [6, 6.07) is 22.0. The molecule has 1 heterocycles. The van der Waals surface area contributed by atoms with E-state index in [2.05, 4.69) is 15.5 Å². The molecule has 26 heavy (non-hydrogen) atoms. The molecule has 0 bridgehead atoms. The maximum atomic E-state index is 10.7. The predicted octanol–water partition coefficient (Wildman–Crippen LogP) is 4.74. The number of fused-ring (bicyclic) bond motifs is 2. The molecule has 0 unspecified atom stereocenters. The van der Waals surface area contributed by atoms with Gasteiger partial charge in [-0.1, -0.05) is 36.4 Å². The number of benzene rings is 3. The number of pyridine rings is 1. The number of hydrazone groups is 1. The molecule has 0 saturated carbocycles. The van der Waals surface area contributed by atoms with Crippen molar-refractivity contribution in [3.63, 3.8) is 0 Å². The van der Waals surface area contributed by atoms with Crippen molar-refractivity contribution in [2.75, 3.05) is 5.43 Å². The zero-order valence-corrected chi connectivity index (χ0v) is 13.7. The first-order valence-electron chi connectivity index (χ1n) is 8.03. The summed E-state index contributed by atoms with van der Waals surface area (Å²) < 4.78 is 0. The van der Waals surface area contributed by atoms with Gasteiger partial charge in [0.2, 0.25) is 0 Å². The van der Waals surface area contributed by atoms with Crippen molar-refractivity contribution in [3.8, 4) is 0 Å². The molecular formula is C20H14N4O2. The lowest BCUT2D eigenvalue weighted by molar-refractivity contribution is -0.384. The Balaban J connectivity index is 1.70. The van der Waals surface area contributed by atoms with Gasteiger partial charge in [0, 0.05) is 22.9 Å². The van der Waals surface area contributed by atoms with E-state index in [9.17, 15) is 10.1 Å². The van der Waals surface area contributed by atoms with E-state index in [0.29, 0.717) is 0 Å². The van der Waals surface area contributed by atoms with Crippen LogP contribution in [0, 0.1) is 10.1 Å². The molecular weight excluding hydrogens is 328 g/mol. The van der Waals surface area contributed by atoms with Crippen molar-refractivity contribution >= 4 is 39.4 Å². The Hall–Kier alpha value is -3.80. The largest absolute Gasteiger partial charge is 0.277 e. The summed E-state index contributed by atoms with van der Waals surface area (Å²) >= 11 is 0. The molecule has 0 atom stereocenters. The second-order valence-corrected chi connectivity index (χ2v) is 5.74. The van der Waals surface area contributed by atoms with E-state index in [1.165, 1.54) is 12.1 Å². The molecule has 0 radical (unpaired) electrons. The Labute approximate surface area is 149 Å². The van der Waals surface area contributed by atoms with Crippen LogP contribution in [-0.2, 0) is 0 Å². The van der Waals surface area contributed by atoms with E-state index < -0.39 is 4.92 Å². The second kappa shape index (κ2) is 6.60. The Kier molecular flexibility index (Phi) is 3.99. The minimum Gasteiger partial charge on any atom is -0.277 e. The van der Waals surface area contributed by atoms with Crippen LogP contribution in [0.25, 0.3) is 21.8 Å². The van der Waals surface area contributed by atoms with Gasteiger partial charge in [-0.25, -0.2) is 4.98 Å². The molecule has 0 aliphatic rings. The third-order valence-corrected chi connectivity index (χ3v) is 4.08. The van der Waals surface area contributed by atoms with Crippen LogP contribution in [0.2, 0.25) is 0 Å². The van der Waals surface area contributed by atoms with Gasteiger partial charge in [-0.3, -0.25) is 15.5 Å². The minimum atomic E-state index is -0.422. The third kappa shape index (κ3) is 2.95. The molecule has 4 rings (SSSR count). The van der Waals surface area contributed by atoms with Crippen LogP contribution in [0.15, 0.2) is 77.9 Å². The molecule has 3 aromatic carbocycles. The SMILES string of the molecule is O=[N+]([O-])c1ccc(/C=N\Nc2c3ccccc3nc3ccccc23)cc1. The highest BCUT2D eigenvalue weighted by molar-refractivity contribution is 6.07. The first-order chi connectivity index (χ1) is 12.7. The molecule has 6 heteroatoms. The number of anilines is 1. The first-order valence-corrected chi connectivity index (χ1v) is 8.03. The average Bonchev–Trinajstić information content (AvgIpc) is 2.68. The lowest BCUT2D eigenvalue weighted by Crippen LogP contribution is -1.95. The van der Waals surface area contributed by atoms with Crippen LogP contribution in [0.5, 0.6) is 0 Å². The molecule has 0 spiro atoms. The number of nitrogens with zero attached hydrogens (tertiary/aromatic N) is 3. The number of hydrogen-bond acceptors (Lipinski definition) is 5. The van der Waals surface area contributed by atoms with E-state index in [4.69, 9.17) is 0 Å². The zero-order chi connectivity index (χ0) is 17.9. The lowest BCUT2D eigenvalue weighted by Gasteiger charge is -2.09. The fourth-order valence-electron chi connectivity index (χ4n) is 2.81. The number of nitro groups is 1. The van der Waals surface area contributed by atoms with Crippen LogP contribution < -0.4 is 5.43 Å². The Morgan fingerprint density at radius 3 is 2.04 bits per heavy atom. The van der Waals surface area contributed by atoms with Crippen molar-refractivity contribution in [3.05, 3.63) is 88.5 Å². The van der Waals surface area contributed by atoms with Crippen LogP contribution >= 0.6 is 0 Å². The number of aromatic nitrogens is 1. The quantitative estimate of drug-likeness (QED) is 0.251. The highest BCUT2D eigenvalue weighted by atomic mass is 16.6. The van der Waals surface area contributed by atoms with Crippen molar-refractivity contribution in [2.45, 2.75) is 0 Å². The van der Waals surface area contributed by atoms with Gasteiger partial charge in [-0.15, -0.1) is 0 Å². The van der Waals surface area contributed by atoms with Crippen molar-refractivity contribution in [1.29, 1.82) is 0 Å². The second-order valence-electron chi connectivity index (χ2n) is 5.74. The predicted molar refractivity (Wildman–Crippen MR) is 104 cm³/mol. The van der Waals surface area contributed by atoms with Crippen molar-refractivity contribution in [2.24, 2.45) is 5.10 Å². The van der Waals surface area contributed by atoms with E-state index in [1.54, 1.807) is 18.3 Å². The highest BCUT2D eigenvalue weighted by Gasteiger charge is 2.07. The summed E-state index contributed by atoms with van der Waals surface area (Å²) in [5, 5.41) is 17.0. The molecule has 1 aromatic heterocycles. The standard InChI is InChI=1S/C20H14N4O2/c25-24(26)15-11-9-14(10-12-15)13-21-23-20-16-5-1-3-7-18(16)22-19-8-4-2-6-17(19)20/h1-13H,(H,22,23)/b21-13-. The molecule has 1 N–H and O–H groups in total. The number of non-ortho nitro benzene ring substituents is 1. The van der Waals surface area contributed by atoms with E-state index >= 15 is 0 Å². The Bertz CT molecular complexity index is 1080. The van der Waals surface area contributed by atoms with E-state index in [1.807, 2.05) is 48.5 Å². The van der Waals surface area contributed by atoms with Gasteiger partial charge in [-0.2, -0.15) is 5.10 Å². The maximum Gasteiger partial charge on any atom is 0.269 e. The van der Waals surface area contributed by atoms with Gasteiger partial charge in [0.15, 0.2) is 0 Å². The molecule has 6 nitrogen and oxygen atoms in total. The monoisotopic (exact) mass is 342 g/mol. The highest BCUT2D eigenvalue weighted by Crippen LogP contribution is 2.30. The molecule has 0 saturated heterocycles. The Morgan fingerprint density at radius 1 is 0.885 bits per heavy atom. The van der Waals surface area contributed by atoms with Gasteiger partial charge >= 0.3 is 0 Å². The lowest BCUT2D eigenvalue weighted by atomic mass is 10.1. The van der Waals surface area contributed by atoms with Crippen LogP contribution in [0.1, 0.15) is 5.56 Å². The van der Waals surface area contributed by atoms with Crippen LogP contribution in [0.4, 0.5) is 11.4 Å². The smallest absolute Gasteiger partial charge is 0.269 e. The first kappa shape index (κ1) is 15.7. The molecule has 0 aliphatic heterocycles. The number of nitrogens with one attached hydrogen (secondary N) is 1. The number of rotatable bonds is 4. The molecule has 0 amide bonds. The van der Waals surface area contributed by atoms with Gasteiger partial charge in [0.1, 0.15) is 0 Å². The number of hydrogen-bond donors (Lipinski definition) is 1. The van der Waals surface area contributed by atoms with Gasteiger partial charge in [0.05, 0.1) is 27.9 Å². The maximum absolute atomic E-state index is 10.7. The van der Waals surface area contributed by atoms with Crippen molar-refractivity contribution < 1.29 is 4.92 Å². The third-order valence-electron chi connectivity index (χ3n) is 4.08. The zero-order valence-electron chi connectivity index (χ0n) is 13.7. The fraction of sp³-hybridized carbons (Fsp3) is 0. The number of nitro benzene ring substituents is 1. The summed E-state index contributed by atoms with van der Waals surface area (Å²) in [7, 11) is 0. The molecule has 0 aliphatic carbocycles. The summed E-state index contributed by atoms with van der Waals surface area (Å²) in [5.74, 6) is 0. The van der Waals surface area contributed by atoms with Crippen LogP contribution in [-0.4, -0.2) is 16.1 Å². The van der Waals surface area contributed by atoms with E-state index in [-0.39, 0.29) is 5.69 Å². The average molecular weight is 342 g/mol. The summed E-state index contributed by atoms with van der Waals surface area (Å²) in [5.41, 5.74) is 6.59. The molecule has 4 aromatic rings. The van der Waals surface area contributed by atoms with E-state index in [0.717, 1.165) is 33.1 Å².